The summed E-state index contributed by atoms with van der Waals surface area (Å²) in [4.78, 5) is 27.3. The van der Waals surface area contributed by atoms with E-state index in [0.29, 0.717) is 11.6 Å². The summed E-state index contributed by atoms with van der Waals surface area (Å²) in [5.41, 5.74) is 4.55. The maximum Gasteiger partial charge on any atom is 0.519 e. The van der Waals surface area contributed by atoms with Gasteiger partial charge < -0.3 is 20.6 Å². The Morgan fingerprint density at radius 3 is 2.47 bits per heavy atom. The molecular formula is C21H23F3N6O2. The van der Waals surface area contributed by atoms with Crippen molar-refractivity contribution < 1.29 is 23.1 Å². The Bertz CT molecular complexity index is 1090. The van der Waals surface area contributed by atoms with Gasteiger partial charge in [0.2, 0.25) is 5.95 Å². The number of aliphatic hydroxyl groups is 1. The predicted molar refractivity (Wildman–Crippen MR) is 115 cm³/mol. The van der Waals surface area contributed by atoms with Crippen LogP contribution in [0.2, 0.25) is 0 Å². The highest BCUT2D eigenvalue weighted by Gasteiger charge is 2.20. The molecule has 0 bridgehead atoms. The van der Waals surface area contributed by atoms with Crippen LogP contribution in [0.1, 0.15) is 18.4 Å². The molecule has 0 unspecified atom stereocenters. The first-order chi connectivity index (χ1) is 15.1. The number of pyridine rings is 1. The lowest BCUT2D eigenvalue weighted by Crippen LogP contribution is -2.32. The fraction of sp³-hybridized carbons (Fsp3) is 0.333. The molecule has 3 N–H and O–H groups in total. The zero-order valence-electron chi connectivity index (χ0n) is 17.6. The summed E-state index contributed by atoms with van der Waals surface area (Å²) in [5, 5.41) is 13.3. The smallest absolute Gasteiger partial charge is 0.357 e. The Morgan fingerprint density at radius 2 is 1.81 bits per heavy atom. The van der Waals surface area contributed by atoms with Crippen molar-refractivity contribution in [1.29, 1.82) is 0 Å². The van der Waals surface area contributed by atoms with Crippen molar-refractivity contribution in [3.05, 3.63) is 42.2 Å². The number of anilines is 2. The number of alkyl halides is 3. The van der Waals surface area contributed by atoms with Crippen LogP contribution in [0.3, 0.4) is 0 Å². The van der Waals surface area contributed by atoms with Crippen LogP contribution in [0.5, 0.6) is 0 Å². The number of hydrogen-bond donors (Lipinski definition) is 3. The van der Waals surface area contributed by atoms with E-state index in [1.807, 2.05) is 42.3 Å². The highest BCUT2D eigenvalue weighted by atomic mass is 19.4. The molecule has 3 aromatic rings. The molecule has 1 aliphatic rings. The van der Waals surface area contributed by atoms with Crippen LogP contribution in [-0.4, -0.2) is 57.5 Å². The van der Waals surface area contributed by atoms with E-state index < -0.39 is 6.36 Å². The summed E-state index contributed by atoms with van der Waals surface area (Å²) in [6.07, 6.45) is 0.724. The average molecular weight is 448 g/mol. The molecule has 0 spiro atoms. The summed E-state index contributed by atoms with van der Waals surface area (Å²) in [6.45, 7) is 3.70. The van der Waals surface area contributed by atoms with Gasteiger partial charge in [0.1, 0.15) is 0 Å². The Hall–Kier alpha value is -3.47. The molecule has 3 heterocycles. The number of fused-ring (bicyclic) bond motifs is 1. The highest BCUT2D eigenvalue weighted by Crippen LogP contribution is 2.28. The molecule has 1 fully saturated rings. The van der Waals surface area contributed by atoms with Gasteiger partial charge in [0.15, 0.2) is 5.65 Å². The summed E-state index contributed by atoms with van der Waals surface area (Å²) in [6, 6.07) is 7.93. The van der Waals surface area contributed by atoms with Crippen LogP contribution in [0.4, 0.5) is 29.6 Å². The summed E-state index contributed by atoms with van der Waals surface area (Å²) in [5.74, 6) is 0.547. The number of likely N-dealkylation sites (tertiary alicyclic amines) is 1. The van der Waals surface area contributed by atoms with Crippen molar-refractivity contribution in [1.82, 2.24) is 19.9 Å². The van der Waals surface area contributed by atoms with Crippen molar-refractivity contribution in [2.24, 2.45) is 0 Å². The molecule has 170 valence electrons. The lowest BCUT2D eigenvalue weighted by molar-refractivity contribution is -0.295. The van der Waals surface area contributed by atoms with E-state index in [1.165, 1.54) is 0 Å². The predicted octanol–water partition coefficient (Wildman–Crippen LogP) is 4.17. The fourth-order valence-corrected chi connectivity index (χ4v) is 3.32. The van der Waals surface area contributed by atoms with Crippen molar-refractivity contribution in [3.8, 4) is 11.1 Å². The zero-order chi connectivity index (χ0) is 23.3. The number of aromatic nitrogens is 3. The molecule has 32 heavy (non-hydrogen) atoms. The van der Waals surface area contributed by atoms with Gasteiger partial charge in [-0.05, 0) is 49.1 Å². The van der Waals surface area contributed by atoms with Crippen molar-refractivity contribution in [3.63, 3.8) is 0 Å². The van der Waals surface area contributed by atoms with Crippen molar-refractivity contribution in [2.45, 2.75) is 26.1 Å². The van der Waals surface area contributed by atoms with Gasteiger partial charge in [-0.25, -0.2) is 14.8 Å². The summed E-state index contributed by atoms with van der Waals surface area (Å²) >= 11 is 0. The number of amides is 2. The van der Waals surface area contributed by atoms with Crippen LogP contribution < -0.4 is 10.6 Å². The van der Waals surface area contributed by atoms with E-state index in [-0.39, 0.29) is 6.03 Å². The van der Waals surface area contributed by atoms with Crippen LogP contribution in [0.15, 0.2) is 36.7 Å². The molecule has 1 saturated heterocycles. The average Bonchev–Trinajstić information content (AvgIpc) is 3.28. The minimum Gasteiger partial charge on any atom is -0.357 e. The van der Waals surface area contributed by atoms with E-state index in [0.717, 1.165) is 53.7 Å². The Balaban J connectivity index is 0.000000523. The molecule has 8 nitrogen and oxygen atoms in total. The second kappa shape index (κ2) is 9.77. The fourth-order valence-electron chi connectivity index (χ4n) is 3.32. The molecule has 0 aliphatic carbocycles. The van der Waals surface area contributed by atoms with E-state index in [9.17, 15) is 18.0 Å². The third kappa shape index (κ3) is 6.27. The van der Waals surface area contributed by atoms with Crippen LogP contribution in [0, 0.1) is 6.92 Å². The molecular weight excluding hydrogens is 425 g/mol. The maximum atomic E-state index is 12.4. The van der Waals surface area contributed by atoms with Gasteiger partial charge >= 0.3 is 12.4 Å². The lowest BCUT2D eigenvalue weighted by Gasteiger charge is -2.17. The van der Waals surface area contributed by atoms with Gasteiger partial charge in [-0.2, -0.15) is 4.98 Å². The van der Waals surface area contributed by atoms with Crippen LogP contribution in [0.25, 0.3) is 22.2 Å². The SMILES string of the molecule is CNc1ncc2cc(-c3cc(NC(=O)N4CCCC4)ccc3C)cnc2n1.OC(F)(F)F. The van der Waals surface area contributed by atoms with Crippen molar-refractivity contribution in [2.75, 3.05) is 30.8 Å². The Morgan fingerprint density at radius 1 is 1.12 bits per heavy atom. The molecule has 0 atom stereocenters. The number of rotatable bonds is 3. The number of aryl methyl sites for hydroxylation is 1. The molecule has 0 saturated carbocycles. The van der Waals surface area contributed by atoms with Crippen LogP contribution >= 0.6 is 0 Å². The van der Waals surface area contributed by atoms with Gasteiger partial charge in [-0.15, -0.1) is 13.2 Å². The minimum absolute atomic E-state index is 0.0352. The van der Waals surface area contributed by atoms with E-state index in [2.05, 4.69) is 25.6 Å². The largest absolute Gasteiger partial charge is 0.519 e. The molecule has 1 aliphatic heterocycles. The number of carbonyl (C=O) groups is 1. The maximum absolute atomic E-state index is 12.4. The second-order valence-corrected chi connectivity index (χ2v) is 7.20. The third-order valence-corrected chi connectivity index (χ3v) is 4.85. The molecule has 2 aromatic heterocycles. The highest BCUT2D eigenvalue weighted by molar-refractivity contribution is 5.91. The van der Waals surface area contributed by atoms with E-state index in [4.69, 9.17) is 5.11 Å². The third-order valence-electron chi connectivity index (χ3n) is 4.85. The number of carbonyl (C=O) groups excluding carboxylic acids is 1. The topological polar surface area (TPSA) is 103 Å². The quantitative estimate of drug-likeness (QED) is 0.556. The monoisotopic (exact) mass is 448 g/mol. The molecule has 0 radical (unpaired) electrons. The van der Waals surface area contributed by atoms with Gasteiger partial charge in [0, 0.05) is 49.2 Å². The first-order valence-corrected chi connectivity index (χ1v) is 9.90. The Labute approximate surface area is 182 Å². The van der Waals surface area contributed by atoms with E-state index in [1.54, 1.807) is 13.2 Å². The van der Waals surface area contributed by atoms with Gasteiger partial charge in [-0.1, -0.05) is 6.07 Å². The number of urea groups is 1. The van der Waals surface area contributed by atoms with Gasteiger partial charge in [0.05, 0.1) is 0 Å². The lowest BCUT2D eigenvalue weighted by atomic mass is 10.0. The molecule has 4 rings (SSSR count). The van der Waals surface area contributed by atoms with Crippen molar-refractivity contribution >= 4 is 28.7 Å². The zero-order valence-corrected chi connectivity index (χ0v) is 17.6. The normalized spacial score (nSPS) is 13.5. The molecule has 11 heteroatoms. The minimum atomic E-state index is -5.00. The molecule has 1 aromatic carbocycles. The number of nitrogens with one attached hydrogen (secondary N) is 2. The van der Waals surface area contributed by atoms with E-state index >= 15 is 0 Å². The van der Waals surface area contributed by atoms with Gasteiger partial charge in [-0.3, -0.25) is 0 Å². The molecule has 2 amide bonds. The van der Waals surface area contributed by atoms with Gasteiger partial charge in [0.25, 0.3) is 0 Å². The first kappa shape index (κ1) is 23.2. The number of hydrogen-bond acceptors (Lipinski definition) is 6. The number of nitrogens with zero attached hydrogens (tertiary/aromatic N) is 4. The second-order valence-electron chi connectivity index (χ2n) is 7.20. The van der Waals surface area contributed by atoms with Crippen LogP contribution in [-0.2, 0) is 0 Å². The standard InChI is InChI=1S/C20H22N6O.CHF3O/c1-13-5-6-16(24-20(27)26-7-3-4-8-26)10-17(13)14-9-15-12-23-19(21-2)25-18(15)22-11-14;2-1(3,4)5/h5-6,9-12H,3-4,7-8H2,1-2H3,(H,24,27)(H,21,22,23,25);5H. The first-order valence-electron chi connectivity index (χ1n) is 9.90. The number of halogens is 3. The number of benzene rings is 1. The summed E-state index contributed by atoms with van der Waals surface area (Å²) < 4.78 is 29.7. The Kier molecular flexibility index (Phi) is 7.08. The summed E-state index contributed by atoms with van der Waals surface area (Å²) in [7, 11) is 1.78.